The smallest absolute Gasteiger partial charge is 0.317 e. The van der Waals surface area contributed by atoms with Crippen LogP contribution in [0.15, 0.2) is 40.8 Å². The zero-order valence-corrected chi connectivity index (χ0v) is 20.6. The van der Waals surface area contributed by atoms with Crippen LogP contribution in [0.25, 0.3) is 22.4 Å². The molecule has 37 heavy (non-hydrogen) atoms. The number of halogens is 2. The molecule has 1 atom stereocenters. The molecule has 1 saturated heterocycles. The van der Waals surface area contributed by atoms with Crippen molar-refractivity contribution in [1.29, 1.82) is 0 Å². The van der Waals surface area contributed by atoms with Crippen molar-refractivity contribution in [2.75, 3.05) is 19.6 Å². The van der Waals surface area contributed by atoms with E-state index in [9.17, 15) is 13.6 Å². The van der Waals surface area contributed by atoms with Crippen LogP contribution >= 0.6 is 0 Å². The summed E-state index contributed by atoms with van der Waals surface area (Å²) in [5, 5.41) is 10.8. The molecular weight excluding hydrogens is 478 g/mol. The zero-order valence-electron chi connectivity index (χ0n) is 20.6. The van der Waals surface area contributed by atoms with Gasteiger partial charge in [-0.25, -0.2) is 18.6 Å². The fourth-order valence-electron chi connectivity index (χ4n) is 5.39. The highest BCUT2D eigenvalue weighted by Crippen LogP contribution is 2.31. The van der Waals surface area contributed by atoms with E-state index >= 15 is 0 Å². The number of rotatable bonds is 4. The van der Waals surface area contributed by atoms with Crippen molar-refractivity contribution in [3.8, 4) is 11.3 Å². The average molecular weight is 507 g/mol. The molecule has 0 radical (unpaired) electrons. The number of carbonyl (C=O) groups is 1. The van der Waals surface area contributed by atoms with Crippen molar-refractivity contribution in [3.63, 3.8) is 0 Å². The number of oxazole rings is 1. The van der Waals surface area contributed by atoms with E-state index in [4.69, 9.17) is 4.42 Å². The Morgan fingerprint density at radius 2 is 2.05 bits per heavy atom. The van der Waals surface area contributed by atoms with Gasteiger partial charge in [-0.15, -0.1) is 0 Å². The topological polar surface area (TPSA) is 90.3 Å². The predicted molar refractivity (Wildman–Crippen MR) is 134 cm³/mol. The fourth-order valence-corrected chi connectivity index (χ4v) is 5.39. The van der Waals surface area contributed by atoms with Gasteiger partial charge in [0.2, 0.25) is 0 Å². The highest BCUT2D eigenvalue weighted by Gasteiger charge is 2.29. The molecule has 0 bridgehead atoms. The van der Waals surface area contributed by atoms with Crippen LogP contribution in [0, 0.1) is 18.6 Å². The van der Waals surface area contributed by atoms with Crippen LogP contribution < -0.4 is 5.32 Å². The maximum Gasteiger partial charge on any atom is 0.317 e. The van der Waals surface area contributed by atoms with Crippen LogP contribution in [0.1, 0.15) is 35.6 Å². The maximum atomic E-state index is 14.1. The van der Waals surface area contributed by atoms with E-state index in [1.54, 1.807) is 4.90 Å². The Labute approximate surface area is 212 Å². The third-order valence-corrected chi connectivity index (χ3v) is 7.27. The molecule has 2 aliphatic rings. The van der Waals surface area contributed by atoms with Crippen molar-refractivity contribution < 1.29 is 18.0 Å². The Hall–Kier alpha value is -3.79. The Kier molecular flexibility index (Phi) is 6.11. The monoisotopic (exact) mass is 506 g/mol. The predicted octanol–water partition coefficient (Wildman–Crippen LogP) is 4.54. The molecule has 8 nitrogen and oxygen atoms in total. The second kappa shape index (κ2) is 9.59. The number of nitrogens with zero attached hydrogens (tertiary/aromatic N) is 4. The van der Waals surface area contributed by atoms with Gasteiger partial charge in [0, 0.05) is 61.4 Å². The van der Waals surface area contributed by atoms with Gasteiger partial charge in [-0.2, -0.15) is 5.10 Å². The number of carbonyl (C=O) groups excluding carboxylic acids is 1. The molecule has 1 fully saturated rings. The fraction of sp³-hybridized carbons (Fsp3) is 0.370. The standard InChI is InChI=1S/C27H28F2N6O2/c1-16-30-24-12-17(7-8-25(24)37-16)26-20-15-35(11-9-23(20)32-33-26)27(36)31-18-4-3-10-34(13-18)14-19-21(28)5-2-6-22(19)29/h2,5-8,12,18H,3-4,9-11,13-15H2,1H3,(H,31,36)(H,32,33)/t18-/m1/s1. The molecule has 0 saturated carbocycles. The van der Waals surface area contributed by atoms with Gasteiger partial charge in [0.25, 0.3) is 0 Å². The summed E-state index contributed by atoms with van der Waals surface area (Å²) in [6, 6.07) is 9.51. The third kappa shape index (κ3) is 4.69. The van der Waals surface area contributed by atoms with Crippen LogP contribution in [0.2, 0.25) is 0 Å². The van der Waals surface area contributed by atoms with E-state index in [1.165, 1.54) is 18.2 Å². The Morgan fingerprint density at radius 1 is 1.22 bits per heavy atom. The second-order valence-corrected chi connectivity index (χ2v) is 9.84. The molecule has 2 aromatic carbocycles. The summed E-state index contributed by atoms with van der Waals surface area (Å²) < 4.78 is 33.8. The molecule has 6 rings (SSSR count). The first-order chi connectivity index (χ1) is 17.9. The van der Waals surface area contributed by atoms with Gasteiger partial charge in [0.1, 0.15) is 17.2 Å². The minimum atomic E-state index is -0.538. The van der Waals surface area contributed by atoms with Crippen molar-refractivity contribution in [3.05, 3.63) is 70.7 Å². The van der Waals surface area contributed by atoms with Crippen LogP contribution in [0.4, 0.5) is 13.6 Å². The number of piperidine rings is 1. The first-order valence-corrected chi connectivity index (χ1v) is 12.6. The molecule has 0 spiro atoms. The summed E-state index contributed by atoms with van der Waals surface area (Å²) in [6.45, 7) is 4.31. The SMILES string of the molecule is Cc1nc2cc(-c3n[nH]c4c3CN(C(=O)N[C@@H]3CCCN(Cc5c(F)cccc5F)C3)CC4)ccc2o1. The molecule has 0 aliphatic carbocycles. The van der Waals surface area contributed by atoms with Crippen molar-refractivity contribution >= 4 is 17.1 Å². The normalized spacial score (nSPS) is 18.2. The quantitative estimate of drug-likeness (QED) is 0.424. The maximum absolute atomic E-state index is 14.1. The first-order valence-electron chi connectivity index (χ1n) is 12.6. The van der Waals surface area contributed by atoms with E-state index in [1.807, 2.05) is 30.0 Å². The van der Waals surface area contributed by atoms with Crippen LogP contribution in [0.3, 0.4) is 0 Å². The number of likely N-dealkylation sites (tertiary alicyclic amines) is 1. The summed E-state index contributed by atoms with van der Waals surface area (Å²) >= 11 is 0. The van der Waals surface area contributed by atoms with Gasteiger partial charge >= 0.3 is 6.03 Å². The summed E-state index contributed by atoms with van der Waals surface area (Å²) in [6.07, 6.45) is 2.36. The lowest BCUT2D eigenvalue weighted by Gasteiger charge is -2.35. The second-order valence-electron chi connectivity index (χ2n) is 9.84. The molecule has 4 heterocycles. The van der Waals surface area contributed by atoms with Crippen LogP contribution in [-0.4, -0.2) is 56.7 Å². The number of hydrogen-bond acceptors (Lipinski definition) is 5. The molecule has 4 aromatic rings. The van der Waals surface area contributed by atoms with E-state index in [2.05, 4.69) is 20.5 Å². The highest BCUT2D eigenvalue weighted by atomic mass is 19.1. The van der Waals surface area contributed by atoms with Crippen LogP contribution in [-0.2, 0) is 19.5 Å². The summed E-state index contributed by atoms with van der Waals surface area (Å²) in [4.78, 5) is 21.4. The molecule has 0 unspecified atom stereocenters. The Bertz CT molecular complexity index is 1440. The number of fused-ring (bicyclic) bond motifs is 2. The Balaban J connectivity index is 1.13. The molecule has 2 amide bonds. The average Bonchev–Trinajstić information content (AvgIpc) is 3.48. The minimum absolute atomic E-state index is 0.0736. The first kappa shape index (κ1) is 23.6. The molecule has 10 heteroatoms. The number of benzene rings is 2. The van der Waals surface area contributed by atoms with Gasteiger partial charge in [0.15, 0.2) is 11.5 Å². The lowest BCUT2D eigenvalue weighted by atomic mass is 10.0. The number of aryl methyl sites for hydroxylation is 1. The number of nitrogens with one attached hydrogen (secondary N) is 2. The van der Waals surface area contributed by atoms with Crippen LogP contribution in [0.5, 0.6) is 0 Å². The van der Waals surface area contributed by atoms with Crippen molar-refractivity contribution in [2.24, 2.45) is 0 Å². The van der Waals surface area contributed by atoms with E-state index in [0.29, 0.717) is 31.9 Å². The lowest BCUT2D eigenvalue weighted by molar-refractivity contribution is 0.158. The number of H-pyrrole nitrogens is 1. The number of urea groups is 1. The van der Waals surface area contributed by atoms with E-state index in [-0.39, 0.29) is 24.2 Å². The molecular formula is C27H28F2N6O2. The number of aromatic nitrogens is 3. The highest BCUT2D eigenvalue weighted by molar-refractivity contribution is 5.81. The number of hydrogen-bond donors (Lipinski definition) is 2. The van der Waals surface area contributed by atoms with Gasteiger partial charge in [-0.1, -0.05) is 6.07 Å². The minimum Gasteiger partial charge on any atom is -0.441 e. The molecule has 192 valence electrons. The summed E-state index contributed by atoms with van der Waals surface area (Å²) in [7, 11) is 0. The summed E-state index contributed by atoms with van der Waals surface area (Å²) in [5.41, 5.74) is 5.34. The largest absolute Gasteiger partial charge is 0.441 e. The molecule has 2 N–H and O–H groups in total. The molecule has 2 aliphatic heterocycles. The van der Waals surface area contributed by atoms with Crippen molar-refractivity contribution in [1.82, 2.24) is 30.3 Å². The van der Waals surface area contributed by atoms with Gasteiger partial charge in [0.05, 0.1) is 12.2 Å². The van der Waals surface area contributed by atoms with E-state index in [0.717, 1.165) is 53.0 Å². The zero-order chi connectivity index (χ0) is 25.5. The van der Waals surface area contributed by atoms with Crippen molar-refractivity contribution in [2.45, 2.75) is 45.3 Å². The lowest BCUT2D eigenvalue weighted by Crippen LogP contribution is -2.52. The molecule has 2 aromatic heterocycles. The van der Waals surface area contributed by atoms with Gasteiger partial charge in [-0.05, 0) is 49.7 Å². The Morgan fingerprint density at radius 3 is 2.89 bits per heavy atom. The van der Waals surface area contributed by atoms with Gasteiger partial charge in [-0.3, -0.25) is 10.00 Å². The number of aromatic amines is 1. The summed E-state index contributed by atoms with van der Waals surface area (Å²) in [5.74, 6) is -0.465. The number of amides is 2. The third-order valence-electron chi connectivity index (χ3n) is 7.27. The van der Waals surface area contributed by atoms with E-state index < -0.39 is 11.6 Å². The van der Waals surface area contributed by atoms with Gasteiger partial charge < -0.3 is 14.6 Å².